The predicted octanol–water partition coefficient (Wildman–Crippen LogP) is -4.37. The van der Waals surface area contributed by atoms with Gasteiger partial charge in [0.25, 0.3) is 0 Å². The van der Waals surface area contributed by atoms with Crippen LogP contribution in [0.15, 0.2) is 0 Å². The Morgan fingerprint density at radius 2 is 1.39 bits per heavy atom. The molecule has 0 aliphatic heterocycles. The molecular formula is C14H24N4O9S. The topological polar surface area (TPSA) is 228 Å². The highest BCUT2D eigenvalue weighted by Crippen LogP contribution is 1.99. The molecule has 160 valence electrons. The average molecular weight is 424 g/mol. The van der Waals surface area contributed by atoms with Gasteiger partial charge in [-0.05, 0) is 6.92 Å². The zero-order chi connectivity index (χ0) is 22.0. The van der Waals surface area contributed by atoms with Crippen molar-refractivity contribution in [1.82, 2.24) is 16.0 Å². The zero-order valence-corrected chi connectivity index (χ0v) is 15.8. The van der Waals surface area contributed by atoms with Gasteiger partial charge in [0.2, 0.25) is 17.7 Å². The number of carbonyl (C=O) groups is 5. The Labute approximate surface area is 165 Å². The van der Waals surface area contributed by atoms with Crippen LogP contribution < -0.4 is 21.7 Å². The van der Waals surface area contributed by atoms with Gasteiger partial charge < -0.3 is 42.1 Å². The third-order valence-corrected chi connectivity index (χ3v) is 3.81. The van der Waals surface area contributed by atoms with Crippen LogP contribution >= 0.6 is 12.6 Å². The molecule has 0 aliphatic rings. The van der Waals surface area contributed by atoms with Gasteiger partial charge >= 0.3 is 11.9 Å². The average Bonchev–Trinajstić information content (AvgIpc) is 2.61. The molecule has 28 heavy (non-hydrogen) atoms. The summed E-state index contributed by atoms with van der Waals surface area (Å²) in [5, 5.41) is 42.1. The molecule has 0 saturated heterocycles. The van der Waals surface area contributed by atoms with Crippen LogP contribution in [0, 0.1) is 0 Å². The van der Waals surface area contributed by atoms with Gasteiger partial charge in [-0.15, -0.1) is 0 Å². The smallest absolute Gasteiger partial charge is 0.328 e. The number of hydrogen-bond donors (Lipinski definition) is 9. The standard InChI is InChI=1S/C14H24N4O9S/c1-5(20)10(15)13(25)18-8(4-28)12(24)16-6(2-9(21)22)11(23)17-7(3-19)14(26)27/h5-8,10,19-20,28H,2-4,15H2,1H3,(H,16,24)(H,17,23)(H,18,25)(H,21,22)(H,26,27). The fraction of sp³-hybridized carbons (Fsp3) is 0.643. The van der Waals surface area contributed by atoms with Crippen molar-refractivity contribution in [1.29, 1.82) is 0 Å². The summed E-state index contributed by atoms with van der Waals surface area (Å²) in [7, 11) is 0. The molecule has 0 aromatic rings. The van der Waals surface area contributed by atoms with Crippen molar-refractivity contribution in [2.45, 2.75) is 43.6 Å². The molecule has 9 N–H and O–H groups in total. The first kappa shape index (κ1) is 25.6. The Hall–Kier alpha value is -2.42. The van der Waals surface area contributed by atoms with Crippen LogP contribution in [0.5, 0.6) is 0 Å². The number of amides is 3. The summed E-state index contributed by atoms with van der Waals surface area (Å²) in [6, 6.07) is -6.06. The van der Waals surface area contributed by atoms with Crippen LogP contribution in [0.25, 0.3) is 0 Å². The van der Waals surface area contributed by atoms with Crippen molar-refractivity contribution in [2.75, 3.05) is 12.4 Å². The fourth-order valence-electron chi connectivity index (χ4n) is 1.80. The lowest BCUT2D eigenvalue weighted by Crippen LogP contribution is -2.59. The zero-order valence-electron chi connectivity index (χ0n) is 14.9. The highest BCUT2D eigenvalue weighted by molar-refractivity contribution is 7.80. The first-order valence-electron chi connectivity index (χ1n) is 7.95. The maximum Gasteiger partial charge on any atom is 0.328 e. The number of carboxylic acid groups (broad SMARTS) is 2. The Bertz CT molecular complexity index is 601. The van der Waals surface area contributed by atoms with Gasteiger partial charge in [-0.2, -0.15) is 12.6 Å². The van der Waals surface area contributed by atoms with Gasteiger partial charge in [0, 0.05) is 5.75 Å². The second kappa shape index (κ2) is 12.1. The van der Waals surface area contributed by atoms with Crippen LogP contribution in [0.4, 0.5) is 0 Å². The van der Waals surface area contributed by atoms with Crippen LogP contribution in [-0.4, -0.2) is 92.7 Å². The molecule has 0 radical (unpaired) electrons. The summed E-state index contributed by atoms with van der Waals surface area (Å²) >= 11 is 3.88. The number of nitrogens with two attached hydrogens (primary N) is 1. The van der Waals surface area contributed by atoms with E-state index in [9.17, 15) is 29.1 Å². The lowest BCUT2D eigenvalue weighted by molar-refractivity contribution is -0.144. The van der Waals surface area contributed by atoms with E-state index in [0.717, 1.165) is 0 Å². The van der Waals surface area contributed by atoms with E-state index in [-0.39, 0.29) is 5.75 Å². The van der Waals surface area contributed by atoms with Gasteiger partial charge in [-0.25, -0.2) is 4.79 Å². The highest BCUT2D eigenvalue weighted by atomic mass is 32.1. The number of carboxylic acids is 2. The third kappa shape index (κ3) is 8.51. The van der Waals surface area contributed by atoms with Crippen molar-refractivity contribution < 1.29 is 44.4 Å². The summed E-state index contributed by atoms with van der Waals surface area (Å²) < 4.78 is 0. The van der Waals surface area contributed by atoms with Crippen LogP contribution in [0.1, 0.15) is 13.3 Å². The van der Waals surface area contributed by atoms with E-state index in [1.54, 1.807) is 0 Å². The van der Waals surface area contributed by atoms with Crippen molar-refractivity contribution >= 4 is 42.3 Å². The molecule has 3 amide bonds. The monoisotopic (exact) mass is 424 g/mol. The quantitative estimate of drug-likeness (QED) is 0.137. The number of nitrogens with one attached hydrogen (secondary N) is 3. The molecule has 5 unspecified atom stereocenters. The molecule has 0 spiro atoms. The largest absolute Gasteiger partial charge is 0.481 e. The Balaban J connectivity index is 5.21. The number of carbonyl (C=O) groups excluding carboxylic acids is 3. The lowest BCUT2D eigenvalue weighted by Gasteiger charge is -2.23. The Kier molecular flexibility index (Phi) is 11.1. The molecule has 0 aromatic heterocycles. The van der Waals surface area contributed by atoms with E-state index in [1.807, 2.05) is 5.32 Å². The van der Waals surface area contributed by atoms with Gasteiger partial charge in [-0.3, -0.25) is 19.2 Å². The summed E-state index contributed by atoms with van der Waals surface area (Å²) in [6.07, 6.45) is -2.10. The van der Waals surface area contributed by atoms with Crippen LogP contribution in [0.2, 0.25) is 0 Å². The minimum absolute atomic E-state index is 0.250. The molecule has 0 aliphatic carbocycles. The van der Waals surface area contributed by atoms with Crippen LogP contribution in [-0.2, 0) is 24.0 Å². The van der Waals surface area contributed by atoms with Crippen molar-refractivity contribution in [3.05, 3.63) is 0 Å². The van der Waals surface area contributed by atoms with E-state index in [0.29, 0.717) is 0 Å². The van der Waals surface area contributed by atoms with E-state index in [2.05, 4.69) is 23.3 Å². The molecule has 0 rings (SSSR count). The summed E-state index contributed by atoms with van der Waals surface area (Å²) in [5.74, 6) is -6.32. The van der Waals surface area contributed by atoms with E-state index in [1.165, 1.54) is 6.92 Å². The Morgan fingerprint density at radius 3 is 1.79 bits per heavy atom. The molecule has 0 saturated carbocycles. The number of aliphatic carboxylic acids is 2. The van der Waals surface area contributed by atoms with Gasteiger partial charge in [-0.1, -0.05) is 0 Å². The lowest BCUT2D eigenvalue weighted by atomic mass is 10.1. The van der Waals surface area contributed by atoms with Crippen molar-refractivity contribution in [3.8, 4) is 0 Å². The van der Waals surface area contributed by atoms with Gasteiger partial charge in [0.15, 0.2) is 0 Å². The molecule has 0 fully saturated rings. The second-order valence-corrected chi connectivity index (χ2v) is 6.12. The molecule has 0 heterocycles. The SMILES string of the molecule is CC(O)C(N)C(=O)NC(CS)C(=O)NC(CC(=O)O)C(=O)NC(CO)C(=O)O. The number of thiol groups is 1. The minimum Gasteiger partial charge on any atom is -0.481 e. The molecular weight excluding hydrogens is 400 g/mol. The normalized spacial score (nSPS) is 16.0. The predicted molar refractivity (Wildman–Crippen MR) is 96.3 cm³/mol. The molecule has 14 heteroatoms. The van der Waals surface area contributed by atoms with E-state index < -0.39 is 73.0 Å². The first-order valence-corrected chi connectivity index (χ1v) is 8.58. The number of hydrogen-bond acceptors (Lipinski definition) is 9. The third-order valence-electron chi connectivity index (χ3n) is 3.45. The number of aliphatic hydroxyl groups is 2. The summed E-state index contributed by atoms with van der Waals surface area (Å²) in [5.41, 5.74) is 5.44. The number of rotatable bonds is 12. The van der Waals surface area contributed by atoms with Crippen molar-refractivity contribution in [3.63, 3.8) is 0 Å². The molecule has 5 atom stereocenters. The summed E-state index contributed by atoms with van der Waals surface area (Å²) in [6.45, 7) is 0.300. The molecule has 13 nitrogen and oxygen atoms in total. The van der Waals surface area contributed by atoms with Gasteiger partial charge in [0.05, 0.1) is 19.1 Å². The molecule has 0 aromatic carbocycles. The maximum atomic E-state index is 12.3. The van der Waals surface area contributed by atoms with E-state index in [4.69, 9.17) is 21.1 Å². The Morgan fingerprint density at radius 1 is 0.929 bits per heavy atom. The number of aliphatic hydroxyl groups excluding tert-OH is 2. The van der Waals surface area contributed by atoms with Crippen LogP contribution in [0.3, 0.4) is 0 Å². The maximum absolute atomic E-state index is 12.3. The molecule has 0 bridgehead atoms. The van der Waals surface area contributed by atoms with Gasteiger partial charge in [0.1, 0.15) is 24.2 Å². The second-order valence-electron chi connectivity index (χ2n) is 5.75. The first-order chi connectivity index (χ1) is 12.9. The van der Waals surface area contributed by atoms with Crippen molar-refractivity contribution in [2.24, 2.45) is 5.73 Å². The van der Waals surface area contributed by atoms with E-state index >= 15 is 0 Å². The highest BCUT2D eigenvalue weighted by Gasteiger charge is 2.31. The fourth-order valence-corrected chi connectivity index (χ4v) is 2.05. The summed E-state index contributed by atoms with van der Waals surface area (Å²) in [4.78, 5) is 58.0. The minimum atomic E-state index is -1.70.